The van der Waals surface area contributed by atoms with Gasteiger partial charge in [0.05, 0.1) is 11.6 Å². The van der Waals surface area contributed by atoms with E-state index in [1.807, 2.05) is 48.5 Å². The molecule has 0 radical (unpaired) electrons. The molecule has 2 N–H and O–H groups in total. The molecular weight excluding hydrogens is 208 g/mol. The van der Waals surface area contributed by atoms with E-state index in [1.165, 1.54) is 0 Å². The number of fused-ring (bicyclic) bond motifs is 4. The maximum absolute atomic E-state index is 9.16. The zero-order valence-electron chi connectivity index (χ0n) is 9.14. The van der Waals surface area contributed by atoms with Gasteiger partial charge in [0.25, 0.3) is 0 Å². The molecule has 80 valence electrons. The summed E-state index contributed by atoms with van der Waals surface area (Å²) < 4.78 is 0. The summed E-state index contributed by atoms with van der Waals surface area (Å²) in [5.41, 5.74) is 11.7. The third kappa shape index (κ3) is 1.26. The first kappa shape index (κ1) is 9.68. The molecule has 0 unspecified atom stereocenters. The number of nitrogen functional groups attached to an aromatic ring is 1. The van der Waals surface area contributed by atoms with Gasteiger partial charge in [-0.1, -0.05) is 36.4 Å². The molecule has 0 aliphatic heterocycles. The van der Waals surface area contributed by atoms with Crippen LogP contribution in [0.3, 0.4) is 0 Å². The van der Waals surface area contributed by atoms with Crippen molar-refractivity contribution < 1.29 is 0 Å². The van der Waals surface area contributed by atoms with Gasteiger partial charge in [0.1, 0.15) is 0 Å². The van der Waals surface area contributed by atoms with Crippen molar-refractivity contribution in [3.8, 4) is 28.3 Å². The lowest BCUT2D eigenvalue weighted by Crippen LogP contribution is -2.00. The standard InChI is InChI=1S/C15H10N2/c16-9-10-5-1-2-6-11-14(10)12-7-3-4-8-13(17)15(11)12/h1-8H,17H2. The van der Waals surface area contributed by atoms with E-state index < -0.39 is 0 Å². The van der Waals surface area contributed by atoms with Crippen LogP contribution in [-0.4, -0.2) is 0 Å². The number of hydrogen-bond acceptors (Lipinski definition) is 2. The molecule has 3 rings (SSSR count). The second-order valence-electron chi connectivity index (χ2n) is 3.99. The van der Waals surface area contributed by atoms with Crippen LogP contribution in [0.15, 0.2) is 48.5 Å². The van der Waals surface area contributed by atoms with E-state index in [0.29, 0.717) is 5.56 Å². The van der Waals surface area contributed by atoms with Crippen molar-refractivity contribution >= 4 is 5.69 Å². The number of nitrogens with two attached hydrogens (primary N) is 1. The molecule has 0 bridgehead atoms. The first-order chi connectivity index (χ1) is 8.33. The molecule has 0 heterocycles. The molecule has 2 nitrogen and oxygen atoms in total. The van der Waals surface area contributed by atoms with Gasteiger partial charge in [0.15, 0.2) is 0 Å². The van der Waals surface area contributed by atoms with E-state index in [9.17, 15) is 0 Å². The molecule has 2 heteroatoms. The maximum atomic E-state index is 9.16. The third-order valence-corrected chi connectivity index (χ3v) is 3.04. The van der Waals surface area contributed by atoms with Gasteiger partial charge in [-0.25, -0.2) is 0 Å². The van der Waals surface area contributed by atoms with Crippen LogP contribution >= 0.6 is 0 Å². The second kappa shape index (κ2) is 3.50. The summed E-state index contributed by atoms with van der Waals surface area (Å²) in [4.78, 5) is 0. The van der Waals surface area contributed by atoms with Crippen LogP contribution in [-0.2, 0) is 0 Å². The molecule has 3 aliphatic carbocycles. The van der Waals surface area contributed by atoms with Gasteiger partial charge in [-0.05, 0) is 23.3 Å². The van der Waals surface area contributed by atoms with Gasteiger partial charge in [0.2, 0.25) is 0 Å². The number of nitriles is 1. The zero-order valence-corrected chi connectivity index (χ0v) is 9.14. The van der Waals surface area contributed by atoms with Gasteiger partial charge in [-0.15, -0.1) is 0 Å². The van der Waals surface area contributed by atoms with Gasteiger partial charge >= 0.3 is 0 Å². The molecule has 0 amide bonds. The monoisotopic (exact) mass is 218 g/mol. The van der Waals surface area contributed by atoms with Crippen molar-refractivity contribution in [1.82, 2.24) is 0 Å². The smallest absolute Gasteiger partial charge is 0.0998 e. The van der Waals surface area contributed by atoms with Crippen molar-refractivity contribution in [3.63, 3.8) is 0 Å². The van der Waals surface area contributed by atoms with Crippen molar-refractivity contribution in [2.45, 2.75) is 0 Å². The number of rotatable bonds is 0. The molecule has 0 saturated carbocycles. The fourth-order valence-corrected chi connectivity index (χ4v) is 2.29. The summed E-state index contributed by atoms with van der Waals surface area (Å²) in [5, 5.41) is 9.16. The predicted octanol–water partition coefficient (Wildman–Crippen LogP) is 3.35. The zero-order chi connectivity index (χ0) is 11.8. The molecule has 0 aromatic carbocycles. The summed E-state index contributed by atoms with van der Waals surface area (Å²) in [5.74, 6) is 0. The van der Waals surface area contributed by atoms with Crippen molar-refractivity contribution in [3.05, 3.63) is 54.1 Å². The predicted molar refractivity (Wildman–Crippen MR) is 68.8 cm³/mol. The molecule has 0 aromatic rings. The Morgan fingerprint density at radius 2 is 1.41 bits per heavy atom. The molecule has 17 heavy (non-hydrogen) atoms. The molecular formula is C15H10N2. The highest BCUT2D eigenvalue weighted by Gasteiger charge is 2.25. The molecule has 0 saturated heterocycles. The summed E-state index contributed by atoms with van der Waals surface area (Å²) in [7, 11) is 0. The summed E-state index contributed by atoms with van der Waals surface area (Å²) >= 11 is 0. The second-order valence-corrected chi connectivity index (χ2v) is 3.99. The molecule has 3 aliphatic rings. The molecule has 0 atom stereocenters. The minimum absolute atomic E-state index is 0.697. The molecule has 0 spiro atoms. The van der Waals surface area contributed by atoms with E-state index in [1.54, 1.807) is 0 Å². The first-order valence-electron chi connectivity index (χ1n) is 5.42. The summed E-state index contributed by atoms with van der Waals surface area (Å²) in [6.45, 7) is 0. The lowest BCUT2D eigenvalue weighted by atomic mass is 9.80. The highest BCUT2D eigenvalue weighted by Crippen LogP contribution is 2.50. The Morgan fingerprint density at radius 1 is 0.824 bits per heavy atom. The Morgan fingerprint density at radius 3 is 2.12 bits per heavy atom. The van der Waals surface area contributed by atoms with Gasteiger partial charge in [-0.3, -0.25) is 0 Å². The van der Waals surface area contributed by atoms with Crippen LogP contribution < -0.4 is 5.73 Å². The highest BCUT2D eigenvalue weighted by atomic mass is 14.6. The van der Waals surface area contributed by atoms with Crippen LogP contribution in [0.2, 0.25) is 0 Å². The average molecular weight is 218 g/mol. The van der Waals surface area contributed by atoms with Gasteiger partial charge < -0.3 is 5.73 Å². The van der Waals surface area contributed by atoms with E-state index in [0.717, 1.165) is 27.9 Å². The SMILES string of the molecule is N#Cc1ccccc2c3c(N)ccccc-3c1-2. The van der Waals surface area contributed by atoms with Crippen LogP contribution in [0.5, 0.6) is 0 Å². The van der Waals surface area contributed by atoms with E-state index in [2.05, 4.69) is 6.07 Å². The number of nitrogens with zero attached hydrogens (tertiary/aromatic N) is 1. The lowest BCUT2D eigenvalue weighted by molar-refractivity contribution is 1.48. The van der Waals surface area contributed by atoms with Crippen LogP contribution in [0, 0.1) is 11.3 Å². The fraction of sp³-hybridized carbons (Fsp3) is 0. The minimum atomic E-state index is 0.697. The normalized spacial score (nSPS) is 10.5. The quantitative estimate of drug-likeness (QED) is 0.629. The largest absolute Gasteiger partial charge is 0.398 e. The Hall–Kier alpha value is -2.53. The summed E-state index contributed by atoms with van der Waals surface area (Å²) in [6.07, 6.45) is 0. The van der Waals surface area contributed by atoms with Crippen molar-refractivity contribution in [2.75, 3.05) is 5.73 Å². The van der Waals surface area contributed by atoms with E-state index in [-0.39, 0.29) is 0 Å². The number of hydrogen-bond donors (Lipinski definition) is 1. The Kier molecular flexibility index (Phi) is 1.99. The third-order valence-electron chi connectivity index (χ3n) is 3.04. The van der Waals surface area contributed by atoms with E-state index in [4.69, 9.17) is 11.0 Å². The van der Waals surface area contributed by atoms with Crippen LogP contribution in [0.25, 0.3) is 22.3 Å². The van der Waals surface area contributed by atoms with Gasteiger partial charge in [0, 0.05) is 16.8 Å². The van der Waals surface area contributed by atoms with Crippen molar-refractivity contribution in [1.29, 1.82) is 5.26 Å². The molecule has 0 fully saturated rings. The first-order valence-corrected chi connectivity index (χ1v) is 5.42. The Balaban J connectivity index is 2.47. The molecule has 0 aromatic heterocycles. The maximum Gasteiger partial charge on any atom is 0.0998 e. The lowest BCUT2D eigenvalue weighted by Gasteiger charge is -2.22. The average Bonchev–Trinajstić information content (AvgIpc) is 2.57. The minimum Gasteiger partial charge on any atom is -0.398 e. The summed E-state index contributed by atoms with van der Waals surface area (Å²) in [6, 6.07) is 17.7. The number of anilines is 1. The van der Waals surface area contributed by atoms with Gasteiger partial charge in [-0.2, -0.15) is 5.26 Å². The Bertz CT molecular complexity index is 679. The Labute approximate surface area is 99.6 Å². The topological polar surface area (TPSA) is 49.8 Å². The van der Waals surface area contributed by atoms with Crippen LogP contribution in [0.4, 0.5) is 5.69 Å². The fourth-order valence-electron chi connectivity index (χ4n) is 2.29. The van der Waals surface area contributed by atoms with E-state index >= 15 is 0 Å². The van der Waals surface area contributed by atoms with Crippen LogP contribution in [0.1, 0.15) is 5.56 Å². The highest BCUT2D eigenvalue weighted by molar-refractivity contribution is 6.08. The van der Waals surface area contributed by atoms with Crippen molar-refractivity contribution in [2.24, 2.45) is 0 Å².